The molecule has 1 aliphatic heterocycles. The van der Waals surface area contributed by atoms with Gasteiger partial charge in [0.1, 0.15) is 0 Å². The summed E-state index contributed by atoms with van der Waals surface area (Å²) in [5.41, 5.74) is 6.94. The van der Waals surface area contributed by atoms with Gasteiger partial charge in [-0.15, -0.1) is 0 Å². The SMILES string of the molecule is CCOc1cc(C2C3=C(CC(C)(C)CC3=O)N(CC)C3=C2C(=O)CC(C)(C)C3)ccc1OCC(=O)Nc1cccc(C)c1C. The van der Waals surface area contributed by atoms with Crippen molar-refractivity contribution in [2.75, 3.05) is 25.1 Å². The van der Waals surface area contributed by atoms with E-state index in [1.807, 2.05) is 51.1 Å². The average Bonchev–Trinajstić information content (AvgIpc) is 2.92. The molecule has 7 nitrogen and oxygen atoms in total. The summed E-state index contributed by atoms with van der Waals surface area (Å²) in [5.74, 6) is 0.395. The van der Waals surface area contributed by atoms with Crippen LogP contribution in [-0.2, 0) is 14.4 Å². The third-order valence-electron chi connectivity index (χ3n) is 9.18. The van der Waals surface area contributed by atoms with E-state index in [1.54, 1.807) is 6.07 Å². The topological polar surface area (TPSA) is 84.9 Å². The minimum absolute atomic E-state index is 0.102. The van der Waals surface area contributed by atoms with E-state index in [0.717, 1.165) is 57.8 Å². The fourth-order valence-electron chi connectivity index (χ4n) is 7.07. The van der Waals surface area contributed by atoms with Crippen LogP contribution in [0.5, 0.6) is 11.5 Å². The van der Waals surface area contributed by atoms with Gasteiger partial charge in [-0.1, -0.05) is 45.9 Å². The molecular weight excluding hydrogens is 552 g/mol. The number of allylic oxidation sites excluding steroid dienone is 4. The van der Waals surface area contributed by atoms with E-state index >= 15 is 0 Å². The molecule has 2 aromatic carbocycles. The molecule has 0 spiro atoms. The van der Waals surface area contributed by atoms with Crippen LogP contribution in [0.1, 0.15) is 89.8 Å². The Morgan fingerprint density at radius 3 is 2.05 bits per heavy atom. The van der Waals surface area contributed by atoms with Gasteiger partial charge in [0.05, 0.1) is 6.61 Å². The number of aryl methyl sites for hydroxylation is 1. The van der Waals surface area contributed by atoms with Crippen molar-refractivity contribution < 1.29 is 23.9 Å². The van der Waals surface area contributed by atoms with Crippen LogP contribution in [0.3, 0.4) is 0 Å². The van der Waals surface area contributed by atoms with Gasteiger partial charge in [-0.3, -0.25) is 14.4 Å². The van der Waals surface area contributed by atoms with E-state index in [4.69, 9.17) is 9.47 Å². The molecule has 0 aromatic heterocycles. The van der Waals surface area contributed by atoms with Crippen molar-refractivity contribution in [2.45, 2.75) is 87.0 Å². The second-order valence-corrected chi connectivity index (χ2v) is 14.0. The first-order chi connectivity index (χ1) is 20.7. The quantitative estimate of drug-likeness (QED) is 0.340. The lowest BCUT2D eigenvalue weighted by molar-refractivity contribution is -0.120. The molecule has 234 valence electrons. The molecule has 3 aliphatic rings. The van der Waals surface area contributed by atoms with Crippen LogP contribution in [0, 0.1) is 24.7 Å². The highest BCUT2D eigenvalue weighted by Crippen LogP contribution is 2.54. The second kappa shape index (κ2) is 11.9. The van der Waals surface area contributed by atoms with Gasteiger partial charge in [-0.2, -0.15) is 0 Å². The standard InChI is InChI=1S/C37H46N2O5/c1-9-39-26-17-36(5,6)19-28(40)34(26)33(35-27(39)18-37(7,8)20-29(35)41)24-14-15-30(31(16-24)43-10-2)44-21-32(42)38-25-13-11-12-22(3)23(25)4/h11-16,33H,9-10,17-21H2,1-8H3,(H,38,42). The molecular formula is C37H46N2O5. The lowest BCUT2D eigenvalue weighted by Gasteiger charge is -2.48. The summed E-state index contributed by atoms with van der Waals surface area (Å²) in [5, 5.41) is 2.93. The molecule has 44 heavy (non-hydrogen) atoms. The fraction of sp³-hybridized carbons (Fsp3) is 0.486. The van der Waals surface area contributed by atoms with Crippen LogP contribution in [0.4, 0.5) is 5.69 Å². The van der Waals surface area contributed by atoms with Crippen LogP contribution in [-0.4, -0.2) is 42.1 Å². The number of hydrogen-bond acceptors (Lipinski definition) is 6. The molecule has 0 atom stereocenters. The fourth-order valence-corrected chi connectivity index (χ4v) is 7.07. The number of anilines is 1. The molecule has 0 fully saturated rings. The number of hydrogen-bond donors (Lipinski definition) is 1. The summed E-state index contributed by atoms with van der Waals surface area (Å²) in [6.45, 7) is 17.5. The van der Waals surface area contributed by atoms with E-state index in [9.17, 15) is 14.4 Å². The number of amides is 1. The summed E-state index contributed by atoms with van der Waals surface area (Å²) in [4.78, 5) is 42.9. The first-order valence-corrected chi connectivity index (χ1v) is 15.8. The van der Waals surface area contributed by atoms with Gasteiger partial charge in [0.2, 0.25) is 0 Å². The number of Topliss-reactive ketones (excluding diaryl/α,β-unsaturated/α-hetero) is 2. The molecule has 1 amide bonds. The Hall–Kier alpha value is -3.87. The van der Waals surface area contributed by atoms with Crippen LogP contribution in [0.2, 0.25) is 0 Å². The highest BCUT2D eigenvalue weighted by Gasteiger charge is 2.48. The number of nitrogens with zero attached hydrogens (tertiary/aromatic N) is 1. The first-order valence-electron chi connectivity index (χ1n) is 15.8. The molecule has 2 aromatic rings. The zero-order valence-corrected chi connectivity index (χ0v) is 27.5. The summed E-state index contributed by atoms with van der Waals surface area (Å²) in [6.07, 6.45) is 2.44. The van der Waals surface area contributed by atoms with Crippen molar-refractivity contribution in [3.8, 4) is 11.5 Å². The number of carbonyl (C=O) groups is 3. The molecule has 5 rings (SSSR count). The minimum Gasteiger partial charge on any atom is -0.490 e. The van der Waals surface area contributed by atoms with E-state index in [-0.39, 0.29) is 34.9 Å². The molecule has 0 radical (unpaired) electrons. The molecule has 1 N–H and O–H groups in total. The van der Waals surface area contributed by atoms with Crippen molar-refractivity contribution in [2.24, 2.45) is 10.8 Å². The largest absolute Gasteiger partial charge is 0.490 e. The maximum absolute atomic E-state index is 13.9. The third kappa shape index (κ3) is 6.06. The normalized spacial score (nSPS) is 19.5. The van der Waals surface area contributed by atoms with Crippen LogP contribution < -0.4 is 14.8 Å². The Balaban J connectivity index is 1.52. The molecule has 0 bridgehead atoms. The number of ketones is 2. The van der Waals surface area contributed by atoms with Crippen molar-refractivity contribution >= 4 is 23.2 Å². The van der Waals surface area contributed by atoms with Gasteiger partial charge in [-0.05, 0) is 86.3 Å². The zero-order valence-electron chi connectivity index (χ0n) is 27.5. The van der Waals surface area contributed by atoms with E-state index in [1.165, 1.54) is 0 Å². The minimum atomic E-state index is -0.462. The van der Waals surface area contributed by atoms with Crippen LogP contribution >= 0.6 is 0 Å². The van der Waals surface area contributed by atoms with Crippen molar-refractivity contribution in [1.82, 2.24) is 4.90 Å². The van der Waals surface area contributed by atoms with Gasteiger partial charge in [-0.25, -0.2) is 0 Å². The Morgan fingerprint density at radius 1 is 0.864 bits per heavy atom. The van der Waals surface area contributed by atoms with Gasteiger partial charge >= 0.3 is 0 Å². The van der Waals surface area contributed by atoms with E-state index in [2.05, 4.69) is 44.8 Å². The lowest BCUT2D eigenvalue weighted by atomic mass is 9.63. The number of nitrogens with one attached hydrogen (secondary N) is 1. The summed E-state index contributed by atoms with van der Waals surface area (Å²) in [7, 11) is 0. The number of carbonyl (C=O) groups excluding carboxylic acids is 3. The number of rotatable bonds is 8. The maximum Gasteiger partial charge on any atom is 0.262 e. The Kier molecular flexibility index (Phi) is 8.54. The van der Waals surface area contributed by atoms with Gasteiger partial charge in [0.25, 0.3) is 5.91 Å². The average molecular weight is 599 g/mol. The van der Waals surface area contributed by atoms with Crippen LogP contribution in [0.25, 0.3) is 0 Å². The van der Waals surface area contributed by atoms with Gasteiger partial charge < -0.3 is 19.7 Å². The highest BCUT2D eigenvalue weighted by atomic mass is 16.5. The van der Waals surface area contributed by atoms with E-state index < -0.39 is 5.92 Å². The van der Waals surface area contributed by atoms with Crippen LogP contribution in [0.15, 0.2) is 58.9 Å². The molecule has 2 aliphatic carbocycles. The Morgan fingerprint density at radius 2 is 1.48 bits per heavy atom. The van der Waals surface area contributed by atoms with Crippen molar-refractivity contribution in [3.05, 3.63) is 75.6 Å². The second-order valence-electron chi connectivity index (χ2n) is 14.0. The molecule has 7 heteroatoms. The summed E-state index contributed by atoms with van der Waals surface area (Å²) >= 11 is 0. The Bertz CT molecular complexity index is 1520. The predicted octanol–water partition coefficient (Wildman–Crippen LogP) is 7.43. The van der Waals surface area contributed by atoms with Crippen molar-refractivity contribution in [3.63, 3.8) is 0 Å². The highest BCUT2D eigenvalue weighted by molar-refractivity contribution is 6.07. The van der Waals surface area contributed by atoms with Gasteiger partial charge in [0.15, 0.2) is 29.7 Å². The zero-order chi connectivity index (χ0) is 32.0. The van der Waals surface area contributed by atoms with E-state index in [0.29, 0.717) is 37.5 Å². The Labute approximate surface area is 261 Å². The molecule has 0 saturated heterocycles. The molecule has 1 heterocycles. The monoisotopic (exact) mass is 598 g/mol. The third-order valence-corrected chi connectivity index (χ3v) is 9.18. The van der Waals surface area contributed by atoms with Gasteiger partial charge in [0, 0.05) is 53.5 Å². The lowest BCUT2D eigenvalue weighted by Crippen LogP contribution is -2.44. The molecule has 0 saturated carbocycles. The first kappa shape index (κ1) is 31.6. The molecule has 0 unspecified atom stereocenters. The maximum atomic E-state index is 13.9. The predicted molar refractivity (Wildman–Crippen MR) is 173 cm³/mol. The van der Waals surface area contributed by atoms with Crippen molar-refractivity contribution in [1.29, 1.82) is 0 Å². The summed E-state index contributed by atoms with van der Waals surface area (Å²) in [6, 6.07) is 11.4. The summed E-state index contributed by atoms with van der Waals surface area (Å²) < 4.78 is 12.0. The number of benzene rings is 2. The number of ether oxygens (including phenoxy) is 2. The smallest absolute Gasteiger partial charge is 0.262 e.